The van der Waals surface area contributed by atoms with Crippen molar-refractivity contribution < 1.29 is 19.2 Å². The van der Waals surface area contributed by atoms with Gasteiger partial charge in [0.1, 0.15) is 5.03 Å². The molecule has 1 amide bonds. The zero-order valence-corrected chi connectivity index (χ0v) is 11.7. The number of amides is 1. The van der Waals surface area contributed by atoms with Crippen molar-refractivity contribution in [2.75, 3.05) is 4.90 Å². The predicted molar refractivity (Wildman–Crippen MR) is 74.9 cm³/mol. The quantitative estimate of drug-likeness (QED) is 0.366. The monoisotopic (exact) mass is 289 g/mol. The van der Waals surface area contributed by atoms with Gasteiger partial charge in [-0.2, -0.15) is 0 Å². The Morgan fingerprint density at radius 3 is 2.05 bits per heavy atom. The Kier molecular flexibility index (Phi) is 3.85. The van der Waals surface area contributed by atoms with Gasteiger partial charge in [0.05, 0.1) is 5.57 Å². The van der Waals surface area contributed by atoms with E-state index in [1.165, 1.54) is 13.8 Å². The van der Waals surface area contributed by atoms with Gasteiger partial charge in [-0.15, -0.1) is 0 Å². The number of Topliss-reactive ketones (excluding diaryl/α,β-unsaturated/α-hetero) is 2. The fourth-order valence-corrected chi connectivity index (χ4v) is 2.91. The highest BCUT2D eigenvalue weighted by molar-refractivity contribution is 8.19. The summed E-state index contributed by atoms with van der Waals surface area (Å²) in [6.07, 6.45) is 0. The third-order valence-corrected chi connectivity index (χ3v) is 3.64. The lowest BCUT2D eigenvalue weighted by atomic mass is 10.1. The van der Waals surface area contributed by atoms with Crippen molar-refractivity contribution in [1.82, 2.24) is 0 Å². The van der Waals surface area contributed by atoms with E-state index in [-0.39, 0.29) is 10.6 Å². The molecule has 0 saturated carbocycles. The van der Waals surface area contributed by atoms with Crippen LogP contribution in [0.5, 0.6) is 0 Å². The van der Waals surface area contributed by atoms with Gasteiger partial charge >= 0.3 is 5.91 Å². The molecule has 1 aromatic carbocycles. The largest absolute Gasteiger partial charge is 0.311 e. The molecule has 5 nitrogen and oxygen atoms in total. The van der Waals surface area contributed by atoms with Crippen LogP contribution in [0.4, 0.5) is 5.69 Å². The average molecular weight is 289 g/mol. The summed E-state index contributed by atoms with van der Waals surface area (Å²) >= 11 is 0.617. The first kappa shape index (κ1) is 14.2. The number of hydrogen-bond donors (Lipinski definition) is 0. The first-order valence-corrected chi connectivity index (χ1v) is 6.62. The van der Waals surface area contributed by atoms with Gasteiger partial charge < -0.3 is 0 Å². The maximum absolute atomic E-state index is 12.0. The van der Waals surface area contributed by atoms with Crippen LogP contribution in [0.15, 0.2) is 40.9 Å². The molecular formula is C14H11NO4S. The highest BCUT2D eigenvalue weighted by atomic mass is 32.2. The number of carbonyl (C=O) groups excluding carboxylic acids is 4. The second-order valence-corrected chi connectivity index (χ2v) is 5.12. The number of nitrogens with zero attached hydrogens (tertiary/aromatic N) is 1. The number of anilines is 1. The number of allylic oxidation sites excluding steroid dienone is 1. The molecule has 0 bridgehead atoms. The highest BCUT2D eigenvalue weighted by Crippen LogP contribution is 2.37. The van der Waals surface area contributed by atoms with Crippen molar-refractivity contribution in [3.05, 3.63) is 40.9 Å². The molecule has 2 rings (SSSR count). The minimum atomic E-state index is -0.754. The molecule has 1 heterocycles. The fraction of sp³-hybridized carbons (Fsp3) is 0.143. The molecule has 0 N–H and O–H groups in total. The molecule has 0 aromatic heterocycles. The summed E-state index contributed by atoms with van der Waals surface area (Å²) in [6, 6.07) is 8.44. The van der Waals surface area contributed by atoms with Crippen LogP contribution in [-0.2, 0) is 19.2 Å². The summed E-state index contributed by atoms with van der Waals surface area (Å²) in [4.78, 5) is 48.0. The van der Waals surface area contributed by atoms with E-state index in [0.29, 0.717) is 17.4 Å². The summed E-state index contributed by atoms with van der Waals surface area (Å²) in [5.74, 6) is -1.69. The van der Waals surface area contributed by atoms with Crippen molar-refractivity contribution in [1.29, 1.82) is 0 Å². The lowest BCUT2D eigenvalue weighted by Crippen LogP contribution is -2.28. The normalized spacial score (nSPS) is 14.7. The molecule has 0 radical (unpaired) electrons. The van der Waals surface area contributed by atoms with Gasteiger partial charge in [0.25, 0.3) is 5.12 Å². The third-order valence-electron chi connectivity index (χ3n) is 2.70. The van der Waals surface area contributed by atoms with Crippen molar-refractivity contribution in [2.24, 2.45) is 0 Å². The van der Waals surface area contributed by atoms with Crippen LogP contribution in [0.3, 0.4) is 0 Å². The first-order chi connectivity index (χ1) is 9.43. The number of para-hydroxylation sites is 1. The Morgan fingerprint density at radius 2 is 1.55 bits per heavy atom. The molecule has 20 heavy (non-hydrogen) atoms. The maximum Gasteiger partial charge on any atom is 0.311 e. The molecule has 0 unspecified atom stereocenters. The smallest absolute Gasteiger partial charge is 0.294 e. The Hall–Kier alpha value is -2.21. The number of carbonyl (C=O) groups is 4. The van der Waals surface area contributed by atoms with E-state index in [2.05, 4.69) is 0 Å². The van der Waals surface area contributed by atoms with Gasteiger partial charge in [0.2, 0.25) is 0 Å². The topological polar surface area (TPSA) is 71.5 Å². The molecule has 102 valence electrons. The minimum Gasteiger partial charge on any atom is -0.294 e. The van der Waals surface area contributed by atoms with Gasteiger partial charge in [0, 0.05) is 5.69 Å². The molecule has 0 atom stereocenters. The van der Waals surface area contributed by atoms with Crippen molar-refractivity contribution in [3.8, 4) is 0 Å². The molecule has 0 spiro atoms. The maximum atomic E-state index is 12.0. The number of hydrogen-bond acceptors (Lipinski definition) is 5. The minimum absolute atomic E-state index is 0.0891. The van der Waals surface area contributed by atoms with E-state index >= 15 is 0 Å². The lowest BCUT2D eigenvalue weighted by molar-refractivity contribution is -0.130. The van der Waals surface area contributed by atoms with Crippen molar-refractivity contribution in [2.45, 2.75) is 13.8 Å². The van der Waals surface area contributed by atoms with Gasteiger partial charge in [-0.25, -0.2) is 0 Å². The second-order valence-electron chi connectivity index (χ2n) is 4.16. The van der Waals surface area contributed by atoms with Crippen LogP contribution in [-0.4, -0.2) is 22.6 Å². The van der Waals surface area contributed by atoms with Crippen LogP contribution < -0.4 is 4.90 Å². The Labute approximate surface area is 119 Å². The van der Waals surface area contributed by atoms with Crippen LogP contribution in [0.1, 0.15) is 13.8 Å². The first-order valence-electron chi connectivity index (χ1n) is 5.81. The van der Waals surface area contributed by atoms with E-state index in [1.54, 1.807) is 30.3 Å². The number of benzene rings is 1. The predicted octanol–water partition coefficient (Wildman–Crippen LogP) is 1.68. The van der Waals surface area contributed by atoms with E-state index in [4.69, 9.17) is 0 Å². The van der Waals surface area contributed by atoms with Gasteiger partial charge in [-0.3, -0.25) is 24.1 Å². The number of thioether (sulfide) groups is 1. The lowest BCUT2D eigenvalue weighted by Gasteiger charge is -2.17. The summed E-state index contributed by atoms with van der Waals surface area (Å²) < 4.78 is 0. The van der Waals surface area contributed by atoms with Crippen LogP contribution in [0, 0.1) is 0 Å². The highest BCUT2D eigenvalue weighted by Gasteiger charge is 2.39. The van der Waals surface area contributed by atoms with Crippen LogP contribution >= 0.6 is 11.8 Å². The van der Waals surface area contributed by atoms with Gasteiger partial charge in [-0.1, -0.05) is 18.2 Å². The molecular weight excluding hydrogens is 278 g/mol. The summed E-state index contributed by atoms with van der Waals surface area (Å²) in [7, 11) is 0. The summed E-state index contributed by atoms with van der Waals surface area (Å²) in [6.45, 7) is 2.47. The molecule has 1 fully saturated rings. The van der Waals surface area contributed by atoms with Gasteiger partial charge in [0.15, 0.2) is 11.6 Å². The summed E-state index contributed by atoms with van der Waals surface area (Å²) in [5, 5.41) is -0.616. The fourth-order valence-electron chi connectivity index (χ4n) is 1.88. The molecule has 1 aliphatic heterocycles. The number of rotatable bonds is 3. The third kappa shape index (κ3) is 2.42. The molecule has 1 aliphatic rings. The average Bonchev–Trinajstić information content (AvgIpc) is 2.65. The van der Waals surface area contributed by atoms with E-state index < -0.39 is 22.6 Å². The SMILES string of the molecule is CC(=O)C(C(C)=O)=C1SC(=O)C(=O)N1c1ccccc1. The molecule has 6 heteroatoms. The van der Waals surface area contributed by atoms with E-state index in [0.717, 1.165) is 4.90 Å². The second kappa shape index (κ2) is 5.42. The number of ketones is 2. The van der Waals surface area contributed by atoms with Crippen LogP contribution in [0.2, 0.25) is 0 Å². The van der Waals surface area contributed by atoms with Crippen molar-refractivity contribution in [3.63, 3.8) is 0 Å². The Balaban J connectivity index is 2.65. The summed E-state index contributed by atoms with van der Waals surface area (Å²) in [5.41, 5.74) is 0.323. The Morgan fingerprint density at radius 1 is 1.00 bits per heavy atom. The zero-order chi connectivity index (χ0) is 14.9. The standard InChI is InChI=1S/C14H11NO4S/c1-8(16)11(9(2)17)13-15(12(18)14(19)20-13)10-6-4-3-5-7-10/h3-7H,1-2H3. The van der Waals surface area contributed by atoms with E-state index in [1.807, 2.05) is 0 Å². The van der Waals surface area contributed by atoms with Crippen LogP contribution in [0.25, 0.3) is 0 Å². The van der Waals surface area contributed by atoms with Crippen molar-refractivity contribution >= 4 is 40.0 Å². The Bertz CT molecular complexity index is 632. The molecule has 0 aliphatic carbocycles. The van der Waals surface area contributed by atoms with Gasteiger partial charge in [-0.05, 0) is 37.7 Å². The molecule has 1 saturated heterocycles. The zero-order valence-electron chi connectivity index (χ0n) is 10.9. The van der Waals surface area contributed by atoms with E-state index in [9.17, 15) is 19.2 Å². The molecule has 1 aromatic rings.